The zero-order valence-electron chi connectivity index (χ0n) is 83.2. The van der Waals surface area contributed by atoms with Crippen LogP contribution >= 0.6 is 0 Å². The van der Waals surface area contributed by atoms with Crippen LogP contribution < -0.4 is 112 Å². The number of aromatic amines is 1. The van der Waals surface area contributed by atoms with Crippen LogP contribution in [-0.2, 0) is 110 Å². The van der Waals surface area contributed by atoms with E-state index < -0.39 is 266 Å². The molecule has 6 rings (SSSR count). The number of hydrogen-bond acceptors (Lipinski definition) is 25. The van der Waals surface area contributed by atoms with Gasteiger partial charge in [0, 0.05) is 61.7 Å². The monoisotopic (exact) mass is 2010 g/mol. The highest BCUT2D eigenvalue weighted by molar-refractivity contribution is 6.02. The molecular weight excluding hydrogens is 1860 g/mol. The number of para-hydroxylation sites is 1. The molecule has 46 nitrogen and oxygen atoms in total. The number of unbranched alkanes of at least 4 members (excludes halogenated alkanes) is 2. The minimum atomic E-state index is -1.88. The molecular formula is C97H148N21O25+. The van der Waals surface area contributed by atoms with Crippen LogP contribution in [0, 0.1) is 23.7 Å². The fraction of sp³-hybridized carbons (Fsp3) is 0.598. The topological polar surface area (TPSA) is 735 Å². The summed E-state index contributed by atoms with van der Waals surface area (Å²) in [5, 5.41) is 110. The van der Waals surface area contributed by atoms with Crippen molar-refractivity contribution in [1.29, 1.82) is 0 Å². The molecule has 46 heteroatoms. The molecule has 1 aromatic heterocycles. The lowest BCUT2D eigenvalue weighted by Crippen LogP contribution is -2.89. The van der Waals surface area contributed by atoms with Gasteiger partial charge in [0.05, 0.1) is 57.6 Å². The van der Waals surface area contributed by atoms with Crippen LogP contribution in [0.3, 0.4) is 0 Å². The number of nitrogens with two attached hydrogens (primary N) is 1. The van der Waals surface area contributed by atoms with Crippen LogP contribution in [0.4, 0.5) is 0 Å². The Hall–Kier alpha value is -13.2. The van der Waals surface area contributed by atoms with Crippen LogP contribution in [0.25, 0.3) is 10.9 Å². The van der Waals surface area contributed by atoms with Crippen LogP contribution in [0.5, 0.6) is 0 Å². The molecule has 29 N–H and O–H groups in total. The predicted octanol–water partition coefficient (Wildman–Crippen LogP) is -9.42. The van der Waals surface area contributed by atoms with Crippen molar-refractivity contribution in [3.63, 3.8) is 0 Å². The number of aliphatic carboxylic acids is 2. The maximum atomic E-state index is 15.2. The number of rotatable bonds is 61. The van der Waals surface area contributed by atoms with Gasteiger partial charge >= 0.3 is 0 Å². The van der Waals surface area contributed by atoms with Crippen molar-refractivity contribution < 1.29 is 139 Å². The SMILES string of the molecule is CC(C)C[C@H](NC(=O)[C@H](CCCC[NH3+])NC(=O)[C@H](CO)NC(=O)[C@@H](NC(=O)[C@@H](NC(=O)[C@H](CO)NC(=O)[C@H](C)NC(=O)[C@H](CCCC[NH3+])NC(=O)[C@H](CCC(=O)[O-])NC(=O)[C@H](CC(C)C)NC(=O)[C@@H]1CCC[NH2+]1)C(C)C)C(C)C)C(=O)N[C@@H](Cc1ccccc1)C(=O)N[C@@H](Cc1ccccc1)C(=O)N[C@@H](CO)C(=O)N[C@@H](Cc1c[nH]c2ccccc12)C(=O)N[C@H](C(=O)N[C@@H](C)C(=O)N1CCC[C@H]1C(=O)[O-])[C@@H](C)O. The van der Waals surface area contributed by atoms with Crippen LogP contribution in [-0.4, -0.2) is 304 Å². The molecule has 19 atom stereocenters. The number of H-pyrrole nitrogens is 1. The number of aromatic nitrogens is 1. The third-order valence-electron chi connectivity index (χ3n) is 24.6. The number of benzene rings is 3. The van der Waals surface area contributed by atoms with Crippen molar-refractivity contribution in [2.24, 2.45) is 23.7 Å². The van der Waals surface area contributed by atoms with E-state index in [1.807, 2.05) is 19.2 Å². The first-order valence-corrected chi connectivity index (χ1v) is 49.0. The largest absolute Gasteiger partial charge is 0.550 e. The van der Waals surface area contributed by atoms with Crippen molar-refractivity contribution in [2.45, 2.75) is 300 Å². The van der Waals surface area contributed by atoms with E-state index in [0.29, 0.717) is 72.8 Å². The van der Waals surface area contributed by atoms with Crippen molar-refractivity contribution in [1.82, 2.24) is 95.0 Å². The second kappa shape index (κ2) is 59.7. The summed E-state index contributed by atoms with van der Waals surface area (Å²) in [6.07, 6.45) is 1.21. The first-order chi connectivity index (χ1) is 67.8. The number of fused-ring (bicyclic) bond motifs is 1. The minimum absolute atomic E-state index is 0.0354. The molecule has 2 aliphatic heterocycles. The standard InChI is InChI=1S/C97H147N21O25/c1-51(2)42-67(107-81(126)63-34-24-40-100-63)85(130)106-66(36-37-76(123)124)84(129)104-64(32-20-22-38-98)82(127)102-55(9)80(125)112-74(50-121)92(137)115-78(54(7)8)94(139)116-77(53(5)6)93(138)114-73(49-120)90(135)105-65(33-21-23-39-99)83(128)108-68(43-52(3)4)86(131)109-69(44-58-26-14-12-15-27-58)87(132)110-70(45-59-28-16-13-17-29-59)88(133)113-72(48-119)91(136)111-71(46-60-47-101-62-31-19-18-30-61(60)62)89(134)117-79(57(11)122)95(140)103-56(10)96(141)118-41-25-35-75(118)97(142)143/h12-19,26-31,47,51-57,63-75,77-79,100-101,119-122H,20-25,32-46,48-50,98-99H2,1-11H3,(H,102,127)(H,103,140)(H,104,129)(H,105,135)(H,106,130)(H,107,126)(H,108,128)(H,109,131)(H,110,132)(H,111,136)(H,112,125)(H,113,133)(H,114,138)(H,115,137)(H,116,139)(H,117,134)(H,123,124)(H,142,143)/p+1/t55-,56-,57+,63-,64-,65-,66-,67-,68-,69-,70-,71-,72-,73-,74-,75-,77-,78-,79-/m0/s1. The Labute approximate surface area is 830 Å². The Morgan fingerprint density at radius 1 is 0.399 bits per heavy atom. The number of nitrogens with one attached hydrogen (secondary N) is 17. The highest BCUT2D eigenvalue weighted by Gasteiger charge is 2.43. The number of hydrogen-bond donors (Lipinski definition) is 24. The minimum Gasteiger partial charge on any atom is -0.550 e. The average molecular weight is 2010 g/mol. The third kappa shape index (κ3) is 38.2. The number of likely N-dealkylation sites (tertiary alicyclic amines) is 1. The van der Waals surface area contributed by atoms with Gasteiger partial charge in [0.1, 0.15) is 96.7 Å². The molecule has 2 aliphatic rings. The number of amides is 17. The van der Waals surface area contributed by atoms with Gasteiger partial charge < -0.3 is 152 Å². The van der Waals surface area contributed by atoms with E-state index in [-0.39, 0.29) is 82.1 Å². The van der Waals surface area contributed by atoms with Gasteiger partial charge in [-0.1, -0.05) is 134 Å². The molecule has 0 saturated carbocycles. The molecule has 17 amide bonds. The Morgan fingerprint density at radius 2 is 0.769 bits per heavy atom. The van der Waals surface area contributed by atoms with Crippen LogP contribution in [0.15, 0.2) is 91.1 Å². The molecule has 0 radical (unpaired) electrons. The first kappa shape index (κ1) is 119. The van der Waals surface area contributed by atoms with Gasteiger partial charge in [-0.05, 0) is 144 Å². The Bertz CT molecular complexity index is 4940. The Kier molecular flexibility index (Phi) is 49.5. The van der Waals surface area contributed by atoms with Gasteiger partial charge in [-0.25, -0.2) is 0 Å². The number of carboxylic acids is 2. The van der Waals surface area contributed by atoms with Crippen molar-refractivity contribution in [3.8, 4) is 0 Å². The summed E-state index contributed by atoms with van der Waals surface area (Å²) in [4.78, 5) is 270. The third-order valence-corrected chi connectivity index (χ3v) is 24.6. The van der Waals surface area contributed by atoms with Gasteiger partial charge in [-0.3, -0.25) is 81.5 Å². The lowest BCUT2D eigenvalue weighted by Gasteiger charge is -2.30. The first-order valence-electron chi connectivity index (χ1n) is 49.0. The van der Waals surface area contributed by atoms with E-state index in [2.05, 4.69) is 102 Å². The lowest BCUT2D eigenvalue weighted by molar-refractivity contribution is -0.657. The fourth-order valence-electron chi connectivity index (χ4n) is 16.5. The van der Waals surface area contributed by atoms with E-state index in [0.717, 1.165) is 17.9 Å². The Balaban J connectivity index is 1.14. The van der Waals surface area contributed by atoms with Gasteiger partial charge in [0.15, 0.2) is 6.04 Å². The second-order valence-corrected chi connectivity index (χ2v) is 38.0. The molecule has 0 unspecified atom stereocenters. The molecule has 0 aliphatic carbocycles. The summed E-state index contributed by atoms with van der Waals surface area (Å²) in [5.41, 5.74) is 9.76. The summed E-state index contributed by atoms with van der Waals surface area (Å²) in [6, 6.07) is -3.13. The number of carbonyl (C=O) groups is 19. The normalized spacial score (nSPS) is 17.1. The average Bonchev–Trinajstić information content (AvgIpc) is 1.70. The number of aliphatic hydroxyl groups excluding tert-OH is 4. The van der Waals surface area contributed by atoms with Crippen molar-refractivity contribution >= 4 is 123 Å². The van der Waals surface area contributed by atoms with Gasteiger partial charge in [0.2, 0.25) is 94.5 Å². The molecule has 4 aromatic rings. The summed E-state index contributed by atoms with van der Waals surface area (Å²) in [7, 11) is 0. The fourth-order valence-corrected chi connectivity index (χ4v) is 16.5. The van der Waals surface area contributed by atoms with Gasteiger partial charge in [0.25, 0.3) is 5.91 Å². The maximum absolute atomic E-state index is 15.2. The molecule has 143 heavy (non-hydrogen) atoms. The van der Waals surface area contributed by atoms with E-state index in [1.54, 1.807) is 105 Å². The number of quaternary nitrogens is 3. The van der Waals surface area contributed by atoms with E-state index in [4.69, 9.17) is 0 Å². The number of aliphatic hydroxyl groups is 4. The summed E-state index contributed by atoms with van der Waals surface area (Å²) in [6.45, 7) is 15.2. The smallest absolute Gasteiger partial charge is 0.278 e. The zero-order chi connectivity index (χ0) is 106. The molecule has 0 bridgehead atoms. The van der Waals surface area contributed by atoms with Gasteiger partial charge in [-0.15, -0.1) is 0 Å². The highest BCUT2D eigenvalue weighted by Crippen LogP contribution is 2.23. The van der Waals surface area contributed by atoms with Crippen LogP contribution in [0.2, 0.25) is 0 Å². The molecule has 3 heterocycles. The predicted molar refractivity (Wildman–Crippen MR) is 513 cm³/mol. The van der Waals surface area contributed by atoms with Gasteiger partial charge in [-0.2, -0.15) is 0 Å². The molecule has 790 valence electrons. The highest BCUT2D eigenvalue weighted by atomic mass is 16.4. The van der Waals surface area contributed by atoms with E-state index in [1.165, 1.54) is 48.5 Å². The summed E-state index contributed by atoms with van der Waals surface area (Å²) >= 11 is 0. The second-order valence-electron chi connectivity index (χ2n) is 38.0. The molecule has 0 spiro atoms. The number of nitrogens with zero attached hydrogens (tertiary/aromatic N) is 1. The van der Waals surface area contributed by atoms with Crippen molar-refractivity contribution in [3.05, 3.63) is 108 Å². The molecule has 2 fully saturated rings. The maximum Gasteiger partial charge on any atom is 0.278 e. The lowest BCUT2D eigenvalue weighted by atomic mass is 9.99. The molecule has 2 saturated heterocycles. The van der Waals surface area contributed by atoms with Crippen LogP contribution in [0.1, 0.15) is 183 Å². The summed E-state index contributed by atoms with van der Waals surface area (Å²) in [5.74, 6) is -21.3. The van der Waals surface area contributed by atoms with E-state index >= 15 is 9.59 Å². The Morgan fingerprint density at radius 3 is 1.22 bits per heavy atom. The summed E-state index contributed by atoms with van der Waals surface area (Å²) < 4.78 is 0. The number of carbonyl (C=O) groups excluding carboxylic acids is 19. The molecule has 3 aromatic carbocycles. The van der Waals surface area contributed by atoms with Crippen molar-refractivity contribution in [2.75, 3.05) is 46.0 Å². The zero-order valence-corrected chi connectivity index (χ0v) is 83.2. The van der Waals surface area contributed by atoms with E-state index in [9.17, 15) is 112 Å². The number of carboxylic acid groups (broad SMARTS) is 2. The quantitative estimate of drug-likeness (QED) is 0.0183.